The Labute approximate surface area is 120 Å². The number of nitrogens with two attached hydrogens (primary N) is 2. The Kier molecular flexibility index (Phi) is 3.94. The van der Waals surface area contributed by atoms with Crippen LogP contribution in [0.5, 0.6) is 0 Å². The molecule has 0 spiro atoms. The summed E-state index contributed by atoms with van der Waals surface area (Å²) in [4.78, 5) is 37.5. The van der Waals surface area contributed by atoms with E-state index < -0.39 is 17.7 Å². The van der Waals surface area contributed by atoms with Crippen molar-refractivity contribution in [2.24, 2.45) is 11.5 Å². The van der Waals surface area contributed by atoms with Crippen LogP contribution in [0.25, 0.3) is 0 Å². The number of rotatable bonds is 4. The predicted octanol–water partition coefficient (Wildman–Crippen LogP) is 0.532. The first kappa shape index (κ1) is 14.2. The molecule has 1 aromatic carbocycles. The van der Waals surface area contributed by atoms with Gasteiger partial charge in [0.05, 0.1) is 5.56 Å². The van der Waals surface area contributed by atoms with E-state index in [0.29, 0.717) is 11.3 Å². The molecule has 0 unspecified atom stereocenters. The topological polar surface area (TPSA) is 128 Å². The monoisotopic (exact) mass is 284 g/mol. The van der Waals surface area contributed by atoms with Crippen molar-refractivity contribution in [3.63, 3.8) is 0 Å². The van der Waals surface area contributed by atoms with E-state index in [1.54, 1.807) is 12.1 Å². The number of hydrogen-bond acceptors (Lipinski definition) is 4. The van der Waals surface area contributed by atoms with E-state index in [4.69, 9.17) is 11.5 Å². The van der Waals surface area contributed by atoms with E-state index >= 15 is 0 Å². The van der Waals surface area contributed by atoms with Gasteiger partial charge in [0.15, 0.2) is 0 Å². The van der Waals surface area contributed by atoms with E-state index in [2.05, 4.69) is 10.3 Å². The van der Waals surface area contributed by atoms with Crippen molar-refractivity contribution in [1.29, 1.82) is 0 Å². The van der Waals surface area contributed by atoms with Crippen LogP contribution in [-0.2, 0) is 0 Å². The zero-order valence-electron chi connectivity index (χ0n) is 10.9. The third-order valence-corrected chi connectivity index (χ3v) is 2.71. The molecule has 7 heteroatoms. The number of amides is 3. The zero-order valence-corrected chi connectivity index (χ0v) is 10.9. The third-order valence-electron chi connectivity index (χ3n) is 2.71. The van der Waals surface area contributed by atoms with Crippen LogP contribution in [0.2, 0.25) is 0 Å². The summed E-state index contributed by atoms with van der Waals surface area (Å²) in [6.07, 6.45) is 1.26. The number of primary amides is 2. The van der Waals surface area contributed by atoms with Crippen LogP contribution in [0.4, 0.5) is 5.69 Å². The first-order valence-electron chi connectivity index (χ1n) is 5.94. The Balaban J connectivity index is 2.10. The van der Waals surface area contributed by atoms with Crippen molar-refractivity contribution >= 4 is 23.4 Å². The standard InChI is InChI=1S/C14H12N4O3/c15-12(19)8-1-4-10(5-2-8)18-14(21)9-3-6-11(13(16)20)17-7-9/h1-7H,(H2,15,19)(H2,16,20)(H,18,21). The van der Waals surface area contributed by atoms with Gasteiger partial charge in [0.2, 0.25) is 5.91 Å². The fourth-order valence-electron chi connectivity index (χ4n) is 1.60. The van der Waals surface area contributed by atoms with Crippen LogP contribution in [-0.4, -0.2) is 22.7 Å². The van der Waals surface area contributed by atoms with E-state index in [-0.39, 0.29) is 11.3 Å². The number of carbonyl (C=O) groups excluding carboxylic acids is 3. The smallest absolute Gasteiger partial charge is 0.267 e. The van der Waals surface area contributed by atoms with Gasteiger partial charge in [0.1, 0.15) is 5.69 Å². The summed E-state index contributed by atoms with van der Waals surface area (Å²) in [7, 11) is 0. The molecule has 106 valence electrons. The lowest BCUT2D eigenvalue weighted by Gasteiger charge is -2.05. The van der Waals surface area contributed by atoms with Gasteiger partial charge in [-0.25, -0.2) is 0 Å². The highest BCUT2D eigenvalue weighted by atomic mass is 16.2. The minimum Gasteiger partial charge on any atom is -0.366 e. The predicted molar refractivity (Wildman–Crippen MR) is 75.7 cm³/mol. The number of anilines is 1. The van der Waals surface area contributed by atoms with Crippen molar-refractivity contribution in [3.8, 4) is 0 Å². The summed E-state index contributed by atoms with van der Waals surface area (Å²) in [5.74, 6) is -1.60. The molecule has 0 aliphatic heterocycles. The minimum atomic E-state index is -0.663. The SMILES string of the molecule is NC(=O)c1ccc(NC(=O)c2ccc(C(N)=O)nc2)cc1. The van der Waals surface area contributed by atoms with Crippen molar-refractivity contribution in [1.82, 2.24) is 4.98 Å². The summed E-state index contributed by atoms with van der Waals surface area (Å²) in [6, 6.07) is 8.94. The van der Waals surface area contributed by atoms with Crippen LogP contribution >= 0.6 is 0 Å². The lowest BCUT2D eigenvalue weighted by atomic mass is 10.2. The normalized spacial score (nSPS) is 9.90. The Morgan fingerprint density at radius 2 is 1.48 bits per heavy atom. The van der Waals surface area contributed by atoms with Gasteiger partial charge in [-0.3, -0.25) is 19.4 Å². The molecule has 0 aliphatic rings. The second kappa shape index (κ2) is 5.83. The van der Waals surface area contributed by atoms with E-state index in [0.717, 1.165) is 0 Å². The van der Waals surface area contributed by atoms with Crippen molar-refractivity contribution in [2.75, 3.05) is 5.32 Å². The van der Waals surface area contributed by atoms with Crippen LogP contribution in [0.3, 0.4) is 0 Å². The molecule has 2 aromatic rings. The number of carbonyl (C=O) groups is 3. The highest BCUT2D eigenvalue weighted by Gasteiger charge is 2.09. The molecule has 1 heterocycles. The van der Waals surface area contributed by atoms with Gasteiger partial charge >= 0.3 is 0 Å². The molecular weight excluding hydrogens is 272 g/mol. The van der Waals surface area contributed by atoms with Crippen LogP contribution in [0.1, 0.15) is 31.2 Å². The molecule has 0 bridgehead atoms. The lowest BCUT2D eigenvalue weighted by molar-refractivity contribution is 0.0987. The van der Waals surface area contributed by atoms with Gasteiger partial charge < -0.3 is 16.8 Å². The van der Waals surface area contributed by atoms with E-state index in [1.807, 2.05) is 0 Å². The second-order valence-electron chi connectivity index (χ2n) is 4.19. The van der Waals surface area contributed by atoms with Gasteiger partial charge in [-0.15, -0.1) is 0 Å². The Morgan fingerprint density at radius 1 is 0.857 bits per heavy atom. The maximum Gasteiger partial charge on any atom is 0.267 e. The second-order valence-corrected chi connectivity index (χ2v) is 4.19. The quantitative estimate of drug-likeness (QED) is 0.756. The summed E-state index contributed by atoms with van der Waals surface area (Å²) in [5.41, 5.74) is 11.4. The lowest BCUT2D eigenvalue weighted by Crippen LogP contribution is -2.16. The third kappa shape index (κ3) is 3.41. The average molecular weight is 284 g/mol. The summed E-state index contributed by atoms with van der Waals surface area (Å²) < 4.78 is 0. The van der Waals surface area contributed by atoms with Crippen molar-refractivity contribution in [2.45, 2.75) is 0 Å². The van der Waals surface area contributed by atoms with Gasteiger partial charge in [0.25, 0.3) is 11.8 Å². The first-order valence-corrected chi connectivity index (χ1v) is 5.94. The van der Waals surface area contributed by atoms with Crippen LogP contribution in [0.15, 0.2) is 42.6 Å². The Hall–Kier alpha value is -3.22. The van der Waals surface area contributed by atoms with Gasteiger partial charge in [-0.2, -0.15) is 0 Å². The fourth-order valence-corrected chi connectivity index (χ4v) is 1.60. The highest BCUT2D eigenvalue weighted by Crippen LogP contribution is 2.11. The fraction of sp³-hybridized carbons (Fsp3) is 0. The summed E-state index contributed by atoms with van der Waals surface area (Å²) in [5, 5.41) is 2.63. The molecule has 3 amide bonds. The molecule has 0 fully saturated rings. The maximum atomic E-state index is 12.0. The number of hydrogen-bond donors (Lipinski definition) is 3. The molecular formula is C14H12N4O3. The molecule has 5 N–H and O–H groups in total. The molecule has 0 aliphatic carbocycles. The van der Waals surface area contributed by atoms with Crippen molar-refractivity contribution in [3.05, 3.63) is 59.4 Å². The molecule has 1 aromatic heterocycles. The number of pyridine rings is 1. The molecule has 0 atom stereocenters. The average Bonchev–Trinajstić information content (AvgIpc) is 2.47. The minimum absolute atomic E-state index is 0.0809. The molecule has 21 heavy (non-hydrogen) atoms. The van der Waals surface area contributed by atoms with E-state index in [1.165, 1.54) is 30.5 Å². The van der Waals surface area contributed by atoms with E-state index in [9.17, 15) is 14.4 Å². The van der Waals surface area contributed by atoms with Crippen LogP contribution < -0.4 is 16.8 Å². The van der Waals surface area contributed by atoms with Gasteiger partial charge in [0, 0.05) is 17.4 Å². The molecule has 0 saturated heterocycles. The molecule has 7 nitrogen and oxygen atoms in total. The number of nitrogens with zero attached hydrogens (tertiary/aromatic N) is 1. The summed E-state index contributed by atoms with van der Waals surface area (Å²) in [6.45, 7) is 0. The number of benzene rings is 1. The van der Waals surface area contributed by atoms with Crippen molar-refractivity contribution < 1.29 is 14.4 Å². The molecule has 0 saturated carbocycles. The largest absolute Gasteiger partial charge is 0.366 e. The van der Waals surface area contributed by atoms with Crippen LogP contribution in [0, 0.1) is 0 Å². The molecule has 0 radical (unpaired) electrons. The number of nitrogens with one attached hydrogen (secondary N) is 1. The van der Waals surface area contributed by atoms with Gasteiger partial charge in [-0.05, 0) is 36.4 Å². The Bertz CT molecular complexity index is 693. The zero-order chi connectivity index (χ0) is 15.4. The Morgan fingerprint density at radius 3 is 1.95 bits per heavy atom. The number of aromatic nitrogens is 1. The highest BCUT2D eigenvalue weighted by molar-refractivity contribution is 6.04. The first-order chi connectivity index (χ1) is 9.97. The molecule has 2 rings (SSSR count). The summed E-state index contributed by atoms with van der Waals surface area (Å²) >= 11 is 0. The maximum absolute atomic E-state index is 12.0. The van der Waals surface area contributed by atoms with Gasteiger partial charge in [-0.1, -0.05) is 0 Å².